The molecular formula is C22H20F2N2O4. The van der Waals surface area contributed by atoms with Crippen molar-refractivity contribution in [2.24, 2.45) is 0 Å². The summed E-state index contributed by atoms with van der Waals surface area (Å²) in [7, 11) is 1.34. The summed E-state index contributed by atoms with van der Waals surface area (Å²) in [6.45, 7) is -1.86. The van der Waals surface area contributed by atoms with Crippen LogP contribution in [-0.4, -0.2) is 42.0 Å². The number of amides is 1. The third-order valence-corrected chi connectivity index (χ3v) is 5.25. The summed E-state index contributed by atoms with van der Waals surface area (Å²) < 4.78 is 33.6. The number of halogens is 2. The minimum Gasteiger partial charge on any atom is -0.465 e. The smallest absolute Gasteiger partial charge is 0.387 e. The molecule has 1 amide bonds. The number of ether oxygens (including phenoxy) is 2. The number of aromatic nitrogens is 1. The molecule has 0 radical (unpaired) electrons. The van der Waals surface area contributed by atoms with Gasteiger partial charge in [0.25, 0.3) is 0 Å². The lowest BCUT2D eigenvalue weighted by atomic mass is 10.0. The van der Waals surface area contributed by atoms with E-state index >= 15 is 0 Å². The quantitative estimate of drug-likeness (QED) is 0.647. The van der Waals surface area contributed by atoms with Gasteiger partial charge in [-0.1, -0.05) is 12.1 Å². The Balaban J connectivity index is 1.50. The Hall–Kier alpha value is -3.42. The van der Waals surface area contributed by atoms with Crippen LogP contribution in [0.5, 0.6) is 5.75 Å². The summed E-state index contributed by atoms with van der Waals surface area (Å²) in [6, 6.07) is 11.4. The fourth-order valence-corrected chi connectivity index (χ4v) is 3.75. The van der Waals surface area contributed by atoms with Gasteiger partial charge in [0.05, 0.1) is 19.1 Å². The number of hydrogen-bond donors (Lipinski definition) is 1. The summed E-state index contributed by atoms with van der Waals surface area (Å²) in [5.41, 5.74) is 4.15. The van der Waals surface area contributed by atoms with Gasteiger partial charge in [-0.3, -0.25) is 4.79 Å². The topological polar surface area (TPSA) is 71.6 Å². The molecule has 4 rings (SSSR count). The Bertz CT molecular complexity index is 1090. The zero-order chi connectivity index (χ0) is 21.3. The van der Waals surface area contributed by atoms with Crippen LogP contribution >= 0.6 is 0 Å². The number of methoxy groups -OCH3 is 1. The number of nitrogens with one attached hydrogen (secondary N) is 1. The first-order valence-corrected chi connectivity index (χ1v) is 9.48. The highest BCUT2D eigenvalue weighted by atomic mass is 19.3. The van der Waals surface area contributed by atoms with Crippen LogP contribution in [0.2, 0.25) is 0 Å². The molecular weight excluding hydrogens is 394 g/mol. The Morgan fingerprint density at radius 2 is 1.93 bits per heavy atom. The van der Waals surface area contributed by atoms with Crippen LogP contribution in [0.25, 0.3) is 10.9 Å². The normalized spacial score (nSPS) is 13.4. The number of nitrogens with zero attached hydrogens (tertiary/aromatic N) is 1. The van der Waals surface area contributed by atoms with Crippen molar-refractivity contribution in [2.75, 3.05) is 13.7 Å². The highest BCUT2D eigenvalue weighted by Crippen LogP contribution is 2.29. The Labute approximate surface area is 171 Å². The second-order valence-corrected chi connectivity index (χ2v) is 7.10. The molecule has 0 fully saturated rings. The van der Waals surface area contributed by atoms with Gasteiger partial charge in [0.15, 0.2) is 0 Å². The lowest BCUT2D eigenvalue weighted by molar-refractivity contribution is -0.131. The maximum Gasteiger partial charge on any atom is 0.387 e. The Morgan fingerprint density at radius 1 is 1.17 bits per heavy atom. The Kier molecular flexibility index (Phi) is 5.39. The van der Waals surface area contributed by atoms with Gasteiger partial charge < -0.3 is 19.4 Å². The maximum atomic E-state index is 12.8. The summed E-state index contributed by atoms with van der Waals surface area (Å²) >= 11 is 0. The van der Waals surface area contributed by atoms with Gasteiger partial charge in [0.1, 0.15) is 5.75 Å². The van der Waals surface area contributed by atoms with E-state index in [0.29, 0.717) is 25.1 Å². The molecule has 0 bridgehead atoms. The zero-order valence-electron chi connectivity index (χ0n) is 16.3. The average molecular weight is 414 g/mol. The second kappa shape index (κ2) is 8.14. The first-order valence-electron chi connectivity index (χ1n) is 9.48. The first-order chi connectivity index (χ1) is 14.4. The van der Waals surface area contributed by atoms with E-state index in [9.17, 15) is 18.4 Å². The van der Waals surface area contributed by atoms with E-state index in [-0.39, 0.29) is 18.1 Å². The molecule has 1 aromatic heterocycles. The lowest BCUT2D eigenvalue weighted by Crippen LogP contribution is -2.36. The number of H-pyrrole nitrogens is 1. The van der Waals surface area contributed by atoms with Crippen molar-refractivity contribution >= 4 is 22.8 Å². The molecule has 8 heteroatoms. The average Bonchev–Trinajstić information content (AvgIpc) is 3.11. The van der Waals surface area contributed by atoms with Crippen molar-refractivity contribution in [3.8, 4) is 5.75 Å². The summed E-state index contributed by atoms with van der Waals surface area (Å²) in [5, 5.41) is 0.902. The second-order valence-electron chi connectivity index (χ2n) is 7.10. The van der Waals surface area contributed by atoms with Crippen LogP contribution in [-0.2, 0) is 28.9 Å². The van der Waals surface area contributed by atoms with Crippen LogP contribution in [0.3, 0.4) is 0 Å². The highest BCUT2D eigenvalue weighted by molar-refractivity contribution is 5.96. The van der Waals surface area contributed by atoms with E-state index in [1.807, 2.05) is 6.07 Å². The number of carbonyl (C=O) groups is 2. The van der Waals surface area contributed by atoms with Gasteiger partial charge in [-0.05, 0) is 35.9 Å². The molecule has 1 aliphatic heterocycles. The number of rotatable bonds is 5. The van der Waals surface area contributed by atoms with E-state index in [0.717, 1.165) is 27.7 Å². The number of alkyl halides is 2. The van der Waals surface area contributed by atoms with Crippen molar-refractivity contribution in [1.29, 1.82) is 0 Å². The van der Waals surface area contributed by atoms with E-state index in [1.54, 1.807) is 29.2 Å². The summed E-state index contributed by atoms with van der Waals surface area (Å²) in [4.78, 5) is 29.8. The van der Waals surface area contributed by atoms with Gasteiger partial charge in [-0.15, -0.1) is 0 Å². The fourth-order valence-electron chi connectivity index (χ4n) is 3.75. The highest BCUT2D eigenvalue weighted by Gasteiger charge is 2.24. The van der Waals surface area contributed by atoms with Crippen molar-refractivity contribution in [1.82, 2.24) is 9.88 Å². The third-order valence-electron chi connectivity index (χ3n) is 5.25. The fraction of sp³-hybridized carbons (Fsp3) is 0.273. The van der Waals surface area contributed by atoms with Gasteiger partial charge in [-0.2, -0.15) is 8.78 Å². The van der Waals surface area contributed by atoms with Crippen molar-refractivity contribution in [2.45, 2.75) is 26.0 Å². The van der Waals surface area contributed by atoms with E-state index < -0.39 is 12.6 Å². The molecule has 1 aliphatic rings. The predicted octanol–water partition coefficient (Wildman–Crippen LogP) is 3.68. The van der Waals surface area contributed by atoms with Crippen LogP contribution in [0.1, 0.15) is 27.2 Å². The zero-order valence-corrected chi connectivity index (χ0v) is 16.3. The molecule has 156 valence electrons. The lowest BCUT2D eigenvalue weighted by Gasteiger charge is -2.27. The number of aromatic amines is 1. The molecule has 0 saturated heterocycles. The maximum absolute atomic E-state index is 12.8. The van der Waals surface area contributed by atoms with Gasteiger partial charge in [0, 0.05) is 41.7 Å². The molecule has 0 unspecified atom stereocenters. The number of carbonyl (C=O) groups excluding carboxylic acids is 2. The number of fused-ring (bicyclic) bond motifs is 3. The molecule has 6 nitrogen and oxygen atoms in total. The van der Waals surface area contributed by atoms with E-state index in [2.05, 4.69) is 9.72 Å². The minimum atomic E-state index is -2.88. The van der Waals surface area contributed by atoms with Gasteiger partial charge in [0.2, 0.25) is 5.91 Å². The molecule has 2 aromatic carbocycles. The number of esters is 1. The van der Waals surface area contributed by atoms with Crippen molar-refractivity contribution in [3.05, 3.63) is 64.8 Å². The van der Waals surface area contributed by atoms with E-state index in [1.165, 1.54) is 19.2 Å². The van der Waals surface area contributed by atoms with Crippen molar-refractivity contribution < 1.29 is 27.8 Å². The molecule has 0 spiro atoms. The largest absolute Gasteiger partial charge is 0.465 e. The minimum absolute atomic E-state index is 0.0540. The molecule has 1 N–H and O–H groups in total. The van der Waals surface area contributed by atoms with E-state index in [4.69, 9.17) is 4.74 Å². The SMILES string of the molecule is COC(=O)c1ccc2[nH]c3c(c2c1)CN(C(=O)Cc1ccc(OC(F)F)cc1)CC3. The van der Waals surface area contributed by atoms with Crippen LogP contribution < -0.4 is 4.74 Å². The third kappa shape index (κ3) is 3.98. The van der Waals surface area contributed by atoms with Gasteiger partial charge >= 0.3 is 12.6 Å². The molecule has 2 heterocycles. The monoisotopic (exact) mass is 414 g/mol. The number of benzene rings is 2. The molecule has 30 heavy (non-hydrogen) atoms. The van der Waals surface area contributed by atoms with Crippen LogP contribution in [0.4, 0.5) is 8.78 Å². The van der Waals surface area contributed by atoms with Crippen molar-refractivity contribution in [3.63, 3.8) is 0 Å². The van der Waals surface area contributed by atoms with Gasteiger partial charge in [-0.25, -0.2) is 4.79 Å². The summed E-state index contributed by atoms with van der Waals surface area (Å²) in [5.74, 6) is -0.402. The molecule has 0 saturated carbocycles. The van der Waals surface area contributed by atoms with Crippen LogP contribution in [0, 0.1) is 0 Å². The standard InChI is InChI=1S/C22H20F2N2O4/c1-29-21(28)14-4-7-18-16(11-14)17-12-26(9-8-19(17)25-18)20(27)10-13-2-5-15(6-3-13)30-22(23)24/h2-7,11,22,25H,8-10,12H2,1H3. The summed E-state index contributed by atoms with van der Waals surface area (Å²) in [6.07, 6.45) is 0.852. The van der Waals surface area contributed by atoms with Crippen LogP contribution in [0.15, 0.2) is 42.5 Å². The molecule has 0 atom stereocenters. The molecule has 0 aliphatic carbocycles. The predicted molar refractivity (Wildman–Crippen MR) is 106 cm³/mol. The molecule has 3 aromatic rings. The Morgan fingerprint density at radius 3 is 2.63 bits per heavy atom. The number of hydrogen-bond acceptors (Lipinski definition) is 4. The first kappa shape index (κ1) is 19.9.